The molecule has 1 aliphatic heterocycles. The smallest absolute Gasteiger partial charge is 0.0645 e. The van der Waals surface area contributed by atoms with Gasteiger partial charge in [-0.15, -0.1) is 0 Å². The van der Waals surface area contributed by atoms with E-state index in [1.165, 1.54) is 6.42 Å². The van der Waals surface area contributed by atoms with Crippen molar-refractivity contribution in [2.75, 3.05) is 32.8 Å². The van der Waals surface area contributed by atoms with E-state index in [0.717, 1.165) is 32.8 Å². The maximum atomic E-state index is 5.61. The van der Waals surface area contributed by atoms with Crippen LogP contribution in [0.15, 0.2) is 0 Å². The first kappa shape index (κ1) is 14.9. The van der Waals surface area contributed by atoms with E-state index >= 15 is 0 Å². The first-order chi connectivity index (χ1) is 7.99. The van der Waals surface area contributed by atoms with Crippen LogP contribution >= 0.6 is 0 Å². The Morgan fingerprint density at radius 1 is 1.35 bits per heavy atom. The molecule has 0 amide bonds. The lowest BCUT2D eigenvalue weighted by Crippen LogP contribution is -2.60. The van der Waals surface area contributed by atoms with Crippen LogP contribution in [0, 0.1) is 5.92 Å². The molecule has 0 spiro atoms. The van der Waals surface area contributed by atoms with Crippen LogP contribution in [0.2, 0.25) is 0 Å². The Bertz CT molecular complexity index is 216. The summed E-state index contributed by atoms with van der Waals surface area (Å²) in [6.07, 6.45) is 1.21. The van der Waals surface area contributed by atoms with Gasteiger partial charge < -0.3 is 10.1 Å². The highest BCUT2D eigenvalue weighted by molar-refractivity contribution is 4.91. The SMILES string of the molecule is CCCNCC(C(C)C)N1CCOCC1(C)C. The lowest BCUT2D eigenvalue weighted by molar-refractivity contribution is -0.0797. The summed E-state index contributed by atoms with van der Waals surface area (Å²) in [5.74, 6) is 0.678. The Balaban J connectivity index is 2.61. The van der Waals surface area contributed by atoms with E-state index in [1.54, 1.807) is 0 Å². The van der Waals surface area contributed by atoms with E-state index in [4.69, 9.17) is 4.74 Å². The maximum absolute atomic E-state index is 5.61. The molecule has 1 unspecified atom stereocenters. The van der Waals surface area contributed by atoms with E-state index in [-0.39, 0.29) is 5.54 Å². The monoisotopic (exact) mass is 242 g/mol. The molecule has 1 aliphatic rings. The van der Waals surface area contributed by atoms with E-state index in [9.17, 15) is 0 Å². The quantitative estimate of drug-likeness (QED) is 0.722. The molecule has 3 heteroatoms. The molecule has 0 aromatic carbocycles. The van der Waals surface area contributed by atoms with Crippen molar-refractivity contribution in [1.82, 2.24) is 10.2 Å². The average Bonchev–Trinajstić information content (AvgIpc) is 2.25. The molecule has 0 aliphatic carbocycles. The third-order valence-corrected chi connectivity index (χ3v) is 3.66. The Morgan fingerprint density at radius 3 is 2.59 bits per heavy atom. The lowest BCUT2D eigenvalue weighted by Gasteiger charge is -2.48. The van der Waals surface area contributed by atoms with Gasteiger partial charge in [-0.05, 0) is 32.7 Å². The summed E-state index contributed by atoms with van der Waals surface area (Å²) in [6.45, 7) is 16.4. The minimum atomic E-state index is 0.168. The predicted octanol–water partition coefficient (Wildman–Crippen LogP) is 2.12. The molecule has 1 rings (SSSR count). The first-order valence-electron chi connectivity index (χ1n) is 7.04. The molecule has 0 aromatic rings. The number of nitrogens with one attached hydrogen (secondary N) is 1. The largest absolute Gasteiger partial charge is 0.378 e. The fourth-order valence-electron chi connectivity index (χ4n) is 2.62. The van der Waals surface area contributed by atoms with E-state index in [2.05, 4.69) is 44.8 Å². The Labute approximate surface area is 107 Å². The molecule has 0 radical (unpaired) electrons. The minimum Gasteiger partial charge on any atom is -0.378 e. The summed E-state index contributed by atoms with van der Waals surface area (Å²) >= 11 is 0. The third kappa shape index (κ3) is 4.23. The molecular formula is C14H30N2O. The number of hydrogen-bond acceptors (Lipinski definition) is 3. The molecule has 17 heavy (non-hydrogen) atoms. The summed E-state index contributed by atoms with van der Waals surface area (Å²) in [6, 6.07) is 0.612. The van der Waals surface area contributed by atoms with Gasteiger partial charge in [-0.3, -0.25) is 4.90 Å². The van der Waals surface area contributed by atoms with Gasteiger partial charge in [0.15, 0.2) is 0 Å². The molecule has 0 aromatic heterocycles. The number of hydrogen-bond donors (Lipinski definition) is 1. The molecule has 3 nitrogen and oxygen atoms in total. The second-order valence-corrected chi connectivity index (χ2v) is 6.07. The van der Waals surface area contributed by atoms with Crippen molar-refractivity contribution in [2.24, 2.45) is 5.92 Å². The standard InChI is InChI=1S/C14H30N2O/c1-6-7-15-10-13(12(2)3)16-8-9-17-11-14(16,4)5/h12-13,15H,6-11H2,1-5H3. The van der Waals surface area contributed by atoms with Crippen LogP contribution in [0.4, 0.5) is 0 Å². The van der Waals surface area contributed by atoms with Gasteiger partial charge >= 0.3 is 0 Å². The molecule has 1 heterocycles. The predicted molar refractivity (Wildman–Crippen MR) is 73.4 cm³/mol. The van der Waals surface area contributed by atoms with Crippen LogP contribution in [0.5, 0.6) is 0 Å². The van der Waals surface area contributed by atoms with Crippen molar-refractivity contribution in [3.05, 3.63) is 0 Å². The molecule has 102 valence electrons. The van der Waals surface area contributed by atoms with Crippen LogP contribution < -0.4 is 5.32 Å². The van der Waals surface area contributed by atoms with Crippen molar-refractivity contribution in [2.45, 2.75) is 52.6 Å². The Hall–Kier alpha value is -0.120. The summed E-state index contributed by atoms with van der Waals surface area (Å²) < 4.78 is 5.61. The topological polar surface area (TPSA) is 24.5 Å². The van der Waals surface area contributed by atoms with Gasteiger partial charge in [0.25, 0.3) is 0 Å². The second kappa shape index (κ2) is 6.72. The highest BCUT2D eigenvalue weighted by atomic mass is 16.5. The normalized spacial score (nSPS) is 22.9. The van der Waals surface area contributed by atoms with Gasteiger partial charge in [0.05, 0.1) is 13.2 Å². The van der Waals surface area contributed by atoms with Gasteiger partial charge in [-0.2, -0.15) is 0 Å². The van der Waals surface area contributed by atoms with Crippen LogP contribution in [-0.4, -0.2) is 49.3 Å². The maximum Gasteiger partial charge on any atom is 0.0645 e. The van der Waals surface area contributed by atoms with Crippen molar-refractivity contribution in [3.8, 4) is 0 Å². The highest BCUT2D eigenvalue weighted by Gasteiger charge is 2.36. The number of morpholine rings is 1. The van der Waals surface area contributed by atoms with Crippen LogP contribution in [0.1, 0.15) is 41.0 Å². The minimum absolute atomic E-state index is 0.168. The Kier molecular flexibility index (Phi) is 5.90. The van der Waals surface area contributed by atoms with Gasteiger partial charge in [0.2, 0.25) is 0 Å². The van der Waals surface area contributed by atoms with Crippen molar-refractivity contribution in [3.63, 3.8) is 0 Å². The summed E-state index contributed by atoms with van der Waals surface area (Å²) in [5.41, 5.74) is 0.168. The van der Waals surface area contributed by atoms with Gasteiger partial charge in [-0.25, -0.2) is 0 Å². The molecular weight excluding hydrogens is 212 g/mol. The molecule has 1 saturated heterocycles. The fraction of sp³-hybridized carbons (Fsp3) is 1.00. The lowest BCUT2D eigenvalue weighted by atomic mass is 9.94. The summed E-state index contributed by atoms with van der Waals surface area (Å²) in [5, 5.41) is 3.57. The van der Waals surface area contributed by atoms with Gasteiger partial charge in [0, 0.05) is 24.7 Å². The zero-order valence-corrected chi connectivity index (χ0v) is 12.3. The number of rotatable bonds is 6. The van der Waals surface area contributed by atoms with Crippen LogP contribution in [0.25, 0.3) is 0 Å². The third-order valence-electron chi connectivity index (χ3n) is 3.66. The molecule has 0 saturated carbocycles. The van der Waals surface area contributed by atoms with E-state index in [0.29, 0.717) is 12.0 Å². The second-order valence-electron chi connectivity index (χ2n) is 6.07. The van der Waals surface area contributed by atoms with Crippen LogP contribution in [0.3, 0.4) is 0 Å². The van der Waals surface area contributed by atoms with Gasteiger partial charge in [0.1, 0.15) is 0 Å². The van der Waals surface area contributed by atoms with Crippen molar-refractivity contribution < 1.29 is 4.74 Å². The van der Waals surface area contributed by atoms with Crippen LogP contribution in [-0.2, 0) is 4.74 Å². The van der Waals surface area contributed by atoms with E-state index < -0.39 is 0 Å². The summed E-state index contributed by atoms with van der Waals surface area (Å²) in [4.78, 5) is 2.63. The fourth-order valence-corrected chi connectivity index (χ4v) is 2.62. The highest BCUT2D eigenvalue weighted by Crippen LogP contribution is 2.24. The average molecular weight is 242 g/mol. The molecule has 1 fully saturated rings. The van der Waals surface area contributed by atoms with E-state index in [1.807, 2.05) is 0 Å². The molecule has 0 bridgehead atoms. The summed E-state index contributed by atoms with van der Waals surface area (Å²) in [7, 11) is 0. The Morgan fingerprint density at radius 2 is 2.06 bits per heavy atom. The zero-order valence-electron chi connectivity index (χ0n) is 12.3. The van der Waals surface area contributed by atoms with Crippen molar-refractivity contribution in [1.29, 1.82) is 0 Å². The van der Waals surface area contributed by atoms with Crippen molar-refractivity contribution >= 4 is 0 Å². The number of ether oxygens (including phenoxy) is 1. The molecule has 1 N–H and O–H groups in total. The zero-order chi connectivity index (χ0) is 12.9. The number of nitrogens with zero attached hydrogens (tertiary/aromatic N) is 1. The van der Waals surface area contributed by atoms with Gasteiger partial charge in [-0.1, -0.05) is 20.8 Å². The molecule has 1 atom stereocenters. The first-order valence-corrected chi connectivity index (χ1v) is 7.04.